The lowest BCUT2D eigenvalue weighted by Crippen LogP contribution is -2.36. The number of anilines is 6. The summed E-state index contributed by atoms with van der Waals surface area (Å²) < 4.78 is 12.1. The van der Waals surface area contributed by atoms with Gasteiger partial charge in [-0.15, -0.1) is 0 Å². The predicted molar refractivity (Wildman–Crippen MR) is 239 cm³/mol. The Morgan fingerprint density at radius 2 is 0.926 bits per heavy atom. The second-order valence-corrected chi connectivity index (χ2v) is 19.7. The molecule has 286 valence electrons. The zero-order chi connectivity index (χ0) is 37.9. The lowest BCUT2D eigenvalue weighted by atomic mass is 10.2. The number of nitrogens with one attached hydrogen (secondary N) is 2. The molecule has 54 heavy (non-hydrogen) atoms. The normalized spacial score (nSPS) is 14.5. The number of thiazole rings is 2. The highest BCUT2D eigenvalue weighted by atomic mass is 35.6. The highest BCUT2D eigenvalue weighted by molar-refractivity contribution is 8.76. The van der Waals surface area contributed by atoms with Crippen LogP contribution in [0.25, 0.3) is 20.4 Å². The summed E-state index contributed by atoms with van der Waals surface area (Å²) in [6.07, 6.45) is 0. The van der Waals surface area contributed by atoms with E-state index < -0.39 is 8.59 Å². The molecule has 0 saturated carbocycles. The van der Waals surface area contributed by atoms with E-state index in [9.17, 15) is 0 Å². The van der Waals surface area contributed by atoms with Crippen molar-refractivity contribution in [2.75, 3.05) is 73.0 Å². The number of halogens is 6. The van der Waals surface area contributed by atoms with Crippen molar-refractivity contribution in [1.29, 1.82) is 0 Å². The molecule has 0 aliphatic carbocycles. The quantitative estimate of drug-likeness (QED) is 0.108. The summed E-state index contributed by atoms with van der Waals surface area (Å²) in [5.74, 6) is 0. The van der Waals surface area contributed by atoms with Crippen molar-refractivity contribution in [3.05, 3.63) is 84.9 Å². The average Bonchev–Trinajstić information content (AvgIpc) is 3.78. The van der Waals surface area contributed by atoms with E-state index in [1.54, 1.807) is 44.3 Å². The molecule has 2 fully saturated rings. The van der Waals surface area contributed by atoms with Crippen LogP contribution in [0.2, 0.25) is 0 Å². The van der Waals surface area contributed by atoms with Crippen LogP contribution in [0.1, 0.15) is 0 Å². The van der Waals surface area contributed by atoms with E-state index in [1.165, 1.54) is 20.8 Å². The highest BCUT2D eigenvalue weighted by Gasteiger charge is 2.18. The molecule has 2 saturated heterocycles. The second kappa shape index (κ2) is 21.1. The predicted octanol–water partition coefficient (Wildman–Crippen LogP) is 12.8. The van der Waals surface area contributed by atoms with Gasteiger partial charge >= 0.3 is 0 Å². The highest BCUT2D eigenvalue weighted by Crippen LogP contribution is 2.47. The Morgan fingerprint density at radius 3 is 1.30 bits per heavy atom. The summed E-state index contributed by atoms with van der Waals surface area (Å²) in [6, 6.07) is 29.9. The molecule has 2 aliphatic heterocycles. The molecule has 2 aromatic heterocycles. The number of hydrogen-bond acceptors (Lipinski definition) is 12. The third-order valence-electron chi connectivity index (χ3n) is 7.98. The van der Waals surface area contributed by atoms with Gasteiger partial charge in [0.25, 0.3) is 0 Å². The van der Waals surface area contributed by atoms with Crippen LogP contribution in [0, 0.1) is 0 Å². The first-order valence-corrected chi connectivity index (χ1v) is 23.0. The molecule has 8 nitrogen and oxygen atoms in total. The van der Waals surface area contributed by atoms with Gasteiger partial charge in [0.2, 0.25) is 0 Å². The monoisotopic (exact) mass is 920 g/mol. The summed E-state index contributed by atoms with van der Waals surface area (Å²) in [5.41, 5.74) is 6.51. The third-order valence-corrected chi connectivity index (χ3v) is 12.3. The fraction of sp³-hybridized carbons (Fsp3) is 0.278. The molecule has 18 heteroatoms. The summed E-state index contributed by atoms with van der Waals surface area (Å²) >= 11 is 32.2. The summed E-state index contributed by atoms with van der Waals surface area (Å²) in [6.45, 7) is 6.55. The molecular weight excluding hydrogens is 889 g/mol. The standard InChI is InChI=1S/C34H32N6O2S4.2CHCl3/c1-3-7-29-25(5-1)35-33(43-29)37-27-11-9-23(39-13-17-41-18-14-39)21-31(27)45-46-32-22-24(40-15-19-42-20-16-40)10-12-28(32)38-34-36-26-6-2-4-8-30(26)44-34;2*2-1(3)4/h1-12,21-22H,13-20H2,(H,35,37)(H,36,38);2*1H. The molecule has 6 aromatic rings. The molecule has 0 bridgehead atoms. The van der Waals surface area contributed by atoms with Crippen molar-refractivity contribution in [2.45, 2.75) is 18.4 Å². The van der Waals surface area contributed by atoms with Gasteiger partial charge in [0.05, 0.1) is 58.2 Å². The van der Waals surface area contributed by atoms with Gasteiger partial charge in [-0.05, 0) is 60.7 Å². The molecule has 4 aromatic carbocycles. The van der Waals surface area contributed by atoms with Gasteiger partial charge in [-0.25, -0.2) is 9.97 Å². The van der Waals surface area contributed by atoms with Crippen LogP contribution in [0.4, 0.5) is 33.0 Å². The first kappa shape index (κ1) is 41.8. The molecule has 0 amide bonds. The molecule has 0 radical (unpaired) electrons. The van der Waals surface area contributed by atoms with E-state index in [1.807, 2.05) is 12.1 Å². The van der Waals surface area contributed by atoms with Crippen LogP contribution >= 0.6 is 114 Å². The number of para-hydroxylation sites is 2. The van der Waals surface area contributed by atoms with Crippen LogP contribution < -0.4 is 20.4 Å². The number of benzene rings is 4. The zero-order valence-electron chi connectivity index (χ0n) is 28.4. The average molecular weight is 924 g/mol. The minimum Gasteiger partial charge on any atom is -0.378 e. The fourth-order valence-corrected chi connectivity index (χ4v) is 9.63. The number of alkyl halides is 6. The van der Waals surface area contributed by atoms with Crippen molar-refractivity contribution in [3.63, 3.8) is 0 Å². The van der Waals surface area contributed by atoms with Crippen LogP contribution in [0.5, 0.6) is 0 Å². The first-order chi connectivity index (χ1) is 26.2. The Hall–Kier alpha value is -1.78. The van der Waals surface area contributed by atoms with E-state index >= 15 is 0 Å². The molecule has 2 aliphatic rings. The largest absolute Gasteiger partial charge is 0.378 e. The van der Waals surface area contributed by atoms with Crippen LogP contribution in [-0.2, 0) is 9.47 Å². The molecule has 0 spiro atoms. The van der Waals surface area contributed by atoms with E-state index in [4.69, 9.17) is 89.0 Å². The maximum Gasteiger partial charge on any atom is 0.188 e. The number of fused-ring (bicyclic) bond motifs is 2. The number of aromatic nitrogens is 2. The number of hydrogen-bond donors (Lipinski definition) is 2. The Bertz CT molecular complexity index is 1880. The lowest BCUT2D eigenvalue weighted by molar-refractivity contribution is 0.122. The van der Waals surface area contributed by atoms with E-state index in [0.29, 0.717) is 0 Å². The van der Waals surface area contributed by atoms with Gasteiger partial charge < -0.3 is 29.9 Å². The molecule has 4 heterocycles. The van der Waals surface area contributed by atoms with Crippen LogP contribution in [0.3, 0.4) is 0 Å². The third kappa shape index (κ3) is 12.4. The minimum absolute atomic E-state index is 0.748. The smallest absolute Gasteiger partial charge is 0.188 e. The van der Waals surface area contributed by atoms with Gasteiger partial charge in [0, 0.05) is 47.3 Å². The Labute approximate surface area is 360 Å². The molecule has 0 atom stereocenters. The van der Waals surface area contributed by atoms with Gasteiger partial charge in [0.15, 0.2) is 18.9 Å². The van der Waals surface area contributed by atoms with Gasteiger partial charge in [-0.3, -0.25) is 0 Å². The molecular formula is C36H34Cl6N6O2S4. The topological polar surface area (TPSA) is 74.8 Å². The van der Waals surface area contributed by atoms with Crippen molar-refractivity contribution in [1.82, 2.24) is 9.97 Å². The number of rotatable bonds is 9. The number of nitrogens with zero attached hydrogens (tertiary/aromatic N) is 4. The van der Waals surface area contributed by atoms with Crippen molar-refractivity contribution in [2.24, 2.45) is 0 Å². The Kier molecular flexibility index (Phi) is 16.4. The number of ether oxygens (including phenoxy) is 2. The van der Waals surface area contributed by atoms with Crippen molar-refractivity contribution >= 4 is 167 Å². The Morgan fingerprint density at radius 1 is 0.556 bits per heavy atom. The van der Waals surface area contributed by atoms with Crippen molar-refractivity contribution < 1.29 is 9.47 Å². The Balaban J connectivity index is 0.000000569. The SMILES string of the molecule is ClC(Cl)Cl.ClC(Cl)Cl.c1ccc2sc(Nc3ccc(N4CCOCC4)cc3SSc3cc(N4CCOCC4)ccc3Nc3nc4ccccc4s3)nc2c1. The van der Waals surface area contributed by atoms with Crippen LogP contribution in [-0.4, -0.2) is 71.2 Å². The zero-order valence-corrected chi connectivity index (χ0v) is 36.2. The van der Waals surface area contributed by atoms with E-state index in [2.05, 4.69) is 93.2 Å². The van der Waals surface area contributed by atoms with Gasteiger partial charge in [-0.2, -0.15) is 0 Å². The second-order valence-electron chi connectivity index (χ2n) is 11.4. The molecule has 0 unspecified atom stereocenters. The summed E-state index contributed by atoms with van der Waals surface area (Å²) in [7, 11) is 3.52. The maximum atomic E-state index is 5.64. The lowest BCUT2D eigenvalue weighted by Gasteiger charge is -2.30. The van der Waals surface area contributed by atoms with Gasteiger partial charge in [0.1, 0.15) is 0 Å². The summed E-state index contributed by atoms with van der Waals surface area (Å²) in [4.78, 5) is 16.8. The molecule has 2 N–H and O–H groups in total. The first-order valence-electron chi connectivity index (χ1n) is 16.6. The molecule has 8 rings (SSSR count). The van der Waals surface area contributed by atoms with Crippen LogP contribution in [0.15, 0.2) is 94.7 Å². The number of morpholine rings is 2. The van der Waals surface area contributed by atoms with E-state index in [-0.39, 0.29) is 0 Å². The van der Waals surface area contributed by atoms with E-state index in [0.717, 1.165) is 95.1 Å². The fourth-order valence-electron chi connectivity index (χ4n) is 5.57. The minimum atomic E-state index is -0.750. The van der Waals surface area contributed by atoms with Gasteiger partial charge in [-0.1, -0.05) is 138 Å². The van der Waals surface area contributed by atoms with Crippen molar-refractivity contribution in [3.8, 4) is 0 Å². The maximum absolute atomic E-state index is 5.64. The summed E-state index contributed by atoms with van der Waals surface area (Å²) in [5, 5.41) is 9.07.